The number of likely N-dealkylation sites (N-methyl/N-ethyl adjacent to an activating group) is 1. The lowest BCUT2D eigenvalue weighted by Crippen LogP contribution is -2.43. The quantitative estimate of drug-likeness (QED) is 0.327. The van der Waals surface area contributed by atoms with Crippen molar-refractivity contribution in [3.63, 3.8) is 0 Å². The lowest BCUT2D eigenvalue weighted by molar-refractivity contribution is -0.136. The molecular formula is C29H36F3N5O4. The number of ether oxygens (including phenoxy) is 3. The molecule has 1 saturated heterocycles. The first-order valence-corrected chi connectivity index (χ1v) is 13.5. The molecule has 0 bridgehead atoms. The van der Waals surface area contributed by atoms with E-state index in [9.17, 15) is 18.0 Å². The normalized spacial score (nSPS) is 14.7. The molecule has 41 heavy (non-hydrogen) atoms. The van der Waals surface area contributed by atoms with Crippen molar-refractivity contribution < 1.29 is 32.2 Å². The highest BCUT2D eigenvalue weighted by atomic mass is 19.4. The molecule has 12 heteroatoms. The second kappa shape index (κ2) is 12.8. The summed E-state index contributed by atoms with van der Waals surface area (Å²) in [6.07, 6.45) is -4.90. The van der Waals surface area contributed by atoms with Gasteiger partial charge in [-0.1, -0.05) is 0 Å². The number of carbonyl (C=O) groups excluding carboxylic acids is 1. The molecule has 0 saturated carbocycles. The summed E-state index contributed by atoms with van der Waals surface area (Å²) in [7, 11) is 5.24. The topological polar surface area (TPSA) is 88.2 Å². The van der Waals surface area contributed by atoms with E-state index in [0.29, 0.717) is 11.4 Å². The Balaban J connectivity index is 1.82. The van der Waals surface area contributed by atoms with Gasteiger partial charge in [-0.2, -0.15) is 13.2 Å². The number of pyridine rings is 1. The molecule has 0 radical (unpaired) electrons. The van der Waals surface area contributed by atoms with Crippen LogP contribution in [0.3, 0.4) is 0 Å². The van der Waals surface area contributed by atoms with Crippen LogP contribution in [0.1, 0.15) is 29.8 Å². The average molecular weight is 576 g/mol. The number of anilines is 3. The zero-order valence-electron chi connectivity index (χ0n) is 23.9. The van der Waals surface area contributed by atoms with E-state index < -0.39 is 23.3 Å². The molecular weight excluding hydrogens is 539 g/mol. The number of benzene rings is 2. The molecule has 2 heterocycles. The number of halogens is 3. The monoisotopic (exact) mass is 575 g/mol. The van der Waals surface area contributed by atoms with Crippen LogP contribution in [0.15, 0.2) is 36.4 Å². The van der Waals surface area contributed by atoms with Crippen molar-refractivity contribution >= 4 is 34.1 Å². The zero-order chi connectivity index (χ0) is 29.7. The van der Waals surface area contributed by atoms with Gasteiger partial charge in [-0.05, 0) is 58.3 Å². The highest BCUT2D eigenvalue weighted by Crippen LogP contribution is 2.42. The standard InChI is InChI=1S/C29H36F3N5O4/c1-6-40-28(38)25-26(29(30,31)32)21-16-20(41-17-18(2)36(3)4)8-10-22(21)34-27(25)35-23-9-7-19(15-24(23)39-5)37-13-11-33-12-14-37/h7-10,15-16,18,33H,6,11-14,17H2,1-5H3,(H,34,35). The van der Waals surface area contributed by atoms with Crippen LogP contribution in [0, 0.1) is 0 Å². The van der Waals surface area contributed by atoms with Crippen LogP contribution in [0.4, 0.5) is 30.4 Å². The number of aromatic nitrogens is 1. The van der Waals surface area contributed by atoms with Gasteiger partial charge in [0.25, 0.3) is 0 Å². The molecule has 3 aromatic rings. The van der Waals surface area contributed by atoms with E-state index in [-0.39, 0.29) is 41.7 Å². The van der Waals surface area contributed by atoms with Gasteiger partial charge < -0.3 is 34.6 Å². The third-order valence-corrected chi connectivity index (χ3v) is 7.01. The van der Waals surface area contributed by atoms with E-state index in [0.717, 1.165) is 31.9 Å². The number of hydrogen-bond donors (Lipinski definition) is 2. The summed E-state index contributed by atoms with van der Waals surface area (Å²) in [5, 5.41) is 5.96. The van der Waals surface area contributed by atoms with Crippen molar-refractivity contribution in [2.75, 3.05) is 70.8 Å². The van der Waals surface area contributed by atoms with Crippen molar-refractivity contribution in [1.82, 2.24) is 15.2 Å². The summed E-state index contributed by atoms with van der Waals surface area (Å²) in [5.41, 5.74) is -0.547. The molecule has 1 unspecified atom stereocenters. The summed E-state index contributed by atoms with van der Waals surface area (Å²) in [5.74, 6) is -0.795. The van der Waals surface area contributed by atoms with Gasteiger partial charge in [0.05, 0.1) is 30.5 Å². The molecule has 0 amide bonds. The number of nitrogens with zero attached hydrogens (tertiary/aromatic N) is 3. The summed E-state index contributed by atoms with van der Waals surface area (Å²) >= 11 is 0. The van der Waals surface area contributed by atoms with Crippen molar-refractivity contribution in [3.05, 3.63) is 47.5 Å². The number of esters is 1. The smallest absolute Gasteiger partial charge is 0.418 e. The minimum Gasteiger partial charge on any atom is -0.494 e. The fourth-order valence-corrected chi connectivity index (χ4v) is 4.52. The molecule has 2 N–H and O–H groups in total. The Labute approximate surface area is 237 Å². The minimum atomic E-state index is -4.90. The molecule has 0 aliphatic carbocycles. The van der Waals surface area contributed by atoms with Gasteiger partial charge in [0.15, 0.2) is 0 Å². The Morgan fingerprint density at radius 2 is 1.90 bits per heavy atom. The minimum absolute atomic E-state index is 0.0283. The van der Waals surface area contributed by atoms with Gasteiger partial charge in [0.2, 0.25) is 0 Å². The van der Waals surface area contributed by atoms with E-state index in [1.165, 1.54) is 26.2 Å². The number of hydrogen-bond acceptors (Lipinski definition) is 9. The number of rotatable bonds is 10. The van der Waals surface area contributed by atoms with Crippen LogP contribution >= 0.6 is 0 Å². The molecule has 0 spiro atoms. The van der Waals surface area contributed by atoms with E-state index in [4.69, 9.17) is 14.2 Å². The third kappa shape index (κ3) is 6.94. The maximum absolute atomic E-state index is 14.7. The van der Waals surface area contributed by atoms with Gasteiger partial charge in [-0.3, -0.25) is 0 Å². The average Bonchev–Trinajstić information content (AvgIpc) is 2.95. The Hall–Kier alpha value is -3.77. The van der Waals surface area contributed by atoms with Crippen LogP contribution in [0.25, 0.3) is 10.9 Å². The number of methoxy groups -OCH3 is 1. The first-order chi connectivity index (χ1) is 19.5. The zero-order valence-corrected chi connectivity index (χ0v) is 23.9. The second-order valence-corrected chi connectivity index (χ2v) is 9.98. The number of piperazine rings is 1. The number of nitrogens with one attached hydrogen (secondary N) is 2. The number of carbonyl (C=O) groups is 1. The number of alkyl halides is 3. The van der Waals surface area contributed by atoms with Crippen LogP contribution in [-0.4, -0.2) is 82.5 Å². The molecule has 4 rings (SSSR count). The predicted molar refractivity (Wildman–Crippen MR) is 153 cm³/mol. The molecule has 1 fully saturated rings. The first-order valence-electron chi connectivity index (χ1n) is 13.5. The van der Waals surface area contributed by atoms with Crippen molar-refractivity contribution in [2.45, 2.75) is 26.1 Å². The largest absolute Gasteiger partial charge is 0.494 e. The fourth-order valence-electron chi connectivity index (χ4n) is 4.52. The predicted octanol–water partition coefficient (Wildman–Crippen LogP) is 4.92. The first kappa shape index (κ1) is 30.2. The van der Waals surface area contributed by atoms with E-state index >= 15 is 0 Å². The Morgan fingerprint density at radius 1 is 1.17 bits per heavy atom. The summed E-state index contributed by atoms with van der Waals surface area (Å²) in [6.45, 7) is 6.92. The van der Waals surface area contributed by atoms with E-state index in [1.807, 2.05) is 38.1 Å². The van der Waals surface area contributed by atoms with Crippen LogP contribution in [0.5, 0.6) is 11.5 Å². The van der Waals surface area contributed by atoms with Crippen molar-refractivity contribution in [2.24, 2.45) is 0 Å². The second-order valence-electron chi connectivity index (χ2n) is 9.98. The highest BCUT2D eigenvalue weighted by molar-refractivity contribution is 6.03. The lowest BCUT2D eigenvalue weighted by atomic mass is 10.0. The number of fused-ring (bicyclic) bond motifs is 1. The Bertz CT molecular complexity index is 1380. The van der Waals surface area contributed by atoms with Gasteiger partial charge in [0.1, 0.15) is 29.5 Å². The van der Waals surface area contributed by atoms with Crippen LogP contribution in [-0.2, 0) is 10.9 Å². The lowest BCUT2D eigenvalue weighted by Gasteiger charge is -2.30. The SMILES string of the molecule is CCOC(=O)c1c(Nc2ccc(N3CCNCC3)cc2OC)nc2ccc(OCC(C)N(C)C)cc2c1C(F)(F)F. The van der Waals surface area contributed by atoms with Gasteiger partial charge in [0, 0.05) is 49.4 Å². The van der Waals surface area contributed by atoms with Gasteiger partial charge >= 0.3 is 12.1 Å². The van der Waals surface area contributed by atoms with Gasteiger partial charge in [-0.25, -0.2) is 9.78 Å². The summed E-state index contributed by atoms with van der Waals surface area (Å²) in [6, 6.07) is 9.67. The molecule has 2 aromatic carbocycles. The molecule has 1 aliphatic rings. The maximum Gasteiger partial charge on any atom is 0.418 e. The Kier molecular flexibility index (Phi) is 9.44. The van der Waals surface area contributed by atoms with E-state index in [2.05, 4.69) is 20.5 Å². The molecule has 222 valence electrons. The van der Waals surface area contributed by atoms with Crippen molar-refractivity contribution in [1.29, 1.82) is 0 Å². The molecule has 1 aromatic heterocycles. The van der Waals surface area contributed by atoms with Crippen LogP contribution < -0.4 is 25.0 Å². The maximum atomic E-state index is 14.7. The van der Waals surface area contributed by atoms with Crippen molar-refractivity contribution in [3.8, 4) is 11.5 Å². The molecule has 1 aliphatic heterocycles. The van der Waals surface area contributed by atoms with Gasteiger partial charge in [-0.15, -0.1) is 0 Å². The Morgan fingerprint density at radius 3 is 2.54 bits per heavy atom. The molecule has 9 nitrogen and oxygen atoms in total. The molecule has 1 atom stereocenters. The summed E-state index contributed by atoms with van der Waals surface area (Å²) < 4.78 is 60.6. The third-order valence-electron chi connectivity index (χ3n) is 7.01. The van der Waals surface area contributed by atoms with E-state index in [1.54, 1.807) is 12.1 Å². The fraction of sp³-hybridized carbons (Fsp3) is 0.448. The summed E-state index contributed by atoms with van der Waals surface area (Å²) in [4.78, 5) is 21.6. The highest BCUT2D eigenvalue weighted by Gasteiger charge is 2.40. The van der Waals surface area contributed by atoms with Crippen LogP contribution in [0.2, 0.25) is 0 Å².